The van der Waals surface area contributed by atoms with E-state index in [4.69, 9.17) is 11.5 Å². The van der Waals surface area contributed by atoms with Crippen molar-refractivity contribution in [2.24, 2.45) is 28.2 Å². The maximum absolute atomic E-state index is 6.44. The third-order valence-corrected chi connectivity index (χ3v) is 8.91. The van der Waals surface area contributed by atoms with E-state index in [0.29, 0.717) is 5.92 Å². The lowest BCUT2D eigenvalue weighted by Gasteiger charge is -2.50. The van der Waals surface area contributed by atoms with Crippen LogP contribution in [0.5, 0.6) is 0 Å². The van der Waals surface area contributed by atoms with Gasteiger partial charge < -0.3 is 11.5 Å². The normalized spacial score (nSPS) is 15.1. The smallest absolute Gasteiger partial charge is 0.0555 e. The molecule has 0 fully saturated rings. The van der Waals surface area contributed by atoms with Crippen LogP contribution < -0.4 is 11.5 Å². The topological polar surface area (TPSA) is 52.0 Å². The lowest BCUT2D eigenvalue weighted by atomic mass is 9.57. The van der Waals surface area contributed by atoms with Gasteiger partial charge in [-0.15, -0.1) is 0 Å². The summed E-state index contributed by atoms with van der Waals surface area (Å²) in [5.41, 5.74) is 13.3. The molecule has 4 N–H and O–H groups in total. The van der Waals surface area contributed by atoms with Gasteiger partial charge >= 0.3 is 0 Å². The highest BCUT2D eigenvalue weighted by Gasteiger charge is 2.44. The second-order valence-electron chi connectivity index (χ2n) is 12.8. The fourth-order valence-corrected chi connectivity index (χ4v) is 5.88. The number of rotatable bonds is 24. The average Bonchev–Trinajstić information content (AvgIpc) is 2.77. The van der Waals surface area contributed by atoms with Gasteiger partial charge in [0.1, 0.15) is 0 Å². The second kappa shape index (κ2) is 21.0. The first kappa shape index (κ1) is 33.9. The zero-order chi connectivity index (χ0) is 25.7. The van der Waals surface area contributed by atoms with Gasteiger partial charge in [0.25, 0.3) is 0 Å². The van der Waals surface area contributed by atoms with Crippen molar-refractivity contribution in [1.82, 2.24) is 0 Å². The first-order valence-electron chi connectivity index (χ1n) is 15.7. The highest BCUT2D eigenvalue weighted by Crippen LogP contribution is 2.50. The molecule has 0 bridgehead atoms. The van der Waals surface area contributed by atoms with Crippen molar-refractivity contribution in [3.05, 3.63) is 0 Å². The van der Waals surface area contributed by atoms with E-state index in [0.717, 1.165) is 0 Å². The Bertz CT molecular complexity index is 425. The minimum Gasteiger partial charge on any atom is -0.316 e. The Hall–Kier alpha value is -0.0800. The molecule has 2 atom stereocenters. The maximum atomic E-state index is 6.44. The second-order valence-corrected chi connectivity index (χ2v) is 12.8. The number of hydrogen-bond donors (Lipinski definition) is 2. The van der Waals surface area contributed by atoms with Crippen molar-refractivity contribution in [2.45, 2.75) is 189 Å². The molecule has 0 aromatic rings. The van der Waals surface area contributed by atoms with Crippen LogP contribution in [0.4, 0.5) is 0 Å². The largest absolute Gasteiger partial charge is 0.316 e. The molecule has 0 amide bonds. The summed E-state index contributed by atoms with van der Waals surface area (Å²) >= 11 is 0. The van der Waals surface area contributed by atoms with Gasteiger partial charge in [-0.05, 0) is 29.6 Å². The monoisotopic (exact) mass is 481 g/mol. The van der Waals surface area contributed by atoms with Crippen LogP contribution in [0.25, 0.3) is 0 Å². The first-order valence-corrected chi connectivity index (χ1v) is 15.7. The summed E-state index contributed by atoms with van der Waals surface area (Å²) in [7, 11) is 0. The molecule has 0 saturated carbocycles. The van der Waals surface area contributed by atoms with E-state index in [1.165, 1.54) is 141 Å². The van der Waals surface area contributed by atoms with E-state index in [-0.39, 0.29) is 17.0 Å². The Kier molecular flexibility index (Phi) is 21.0. The molecule has 0 aliphatic heterocycles. The van der Waals surface area contributed by atoms with Gasteiger partial charge in [0.15, 0.2) is 0 Å². The minimum absolute atomic E-state index is 0.203. The molecule has 0 aliphatic rings. The van der Waals surface area contributed by atoms with E-state index < -0.39 is 0 Å². The molecule has 2 unspecified atom stereocenters. The third-order valence-electron chi connectivity index (χ3n) is 8.91. The Morgan fingerprint density at radius 3 is 1.12 bits per heavy atom. The molecule has 0 heterocycles. The standard InChI is InChI=1S/C32H68N2/c1-7-9-11-13-15-17-19-21-23-25-27-29(30(33)34)32(6,31(3,4)5)28-26-24-22-20-18-16-14-12-10-8-2/h29-30H,7-28,33-34H2,1-6H3. The molecule has 206 valence electrons. The molecule has 34 heavy (non-hydrogen) atoms. The van der Waals surface area contributed by atoms with Crippen LogP contribution in [0.1, 0.15) is 183 Å². The molecule has 0 aromatic carbocycles. The molecular formula is C32H68N2. The predicted octanol–water partition coefficient (Wildman–Crippen LogP) is 10.5. The summed E-state index contributed by atoms with van der Waals surface area (Å²) < 4.78 is 0. The average molecular weight is 481 g/mol. The van der Waals surface area contributed by atoms with Crippen LogP contribution in [0.3, 0.4) is 0 Å². The molecule has 0 rings (SSSR count). The van der Waals surface area contributed by atoms with Crippen LogP contribution >= 0.6 is 0 Å². The van der Waals surface area contributed by atoms with Gasteiger partial charge in [0, 0.05) is 0 Å². The zero-order valence-electron chi connectivity index (χ0n) is 24.9. The summed E-state index contributed by atoms with van der Waals surface area (Å²) in [6.45, 7) is 14.3. The van der Waals surface area contributed by atoms with Crippen molar-refractivity contribution >= 4 is 0 Å². The summed E-state index contributed by atoms with van der Waals surface area (Å²) in [5, 5.41) is 0. The van der Waals surface area contributed by atoms with Crippen molar-refractivity contribution in [3.8, 4) is 0 Å². The zero-order valence-corrected chi connectivity index (χ0v) is 24.9. The Morgan fingerprint density at radius 2 is 0.794 bits per heavy atom. The molecule has 2 heteroatoms. The summed E-state index contributed by atoms with van der Waals surface area (Å²) in [5.74, 6) is 0.417. The Labute approximate surface area is 217 Å². The molecule has 0 aliphatic carbocycles. The summed E-state index contributed by atoms with van der Waals surface area (Å²) in [6.07, 6.45) is 30.1. The molecule has 0 spiro atoms. The van der Waals surface area contributed by atoms with Gasteiger partial charge in [-0.1, -0.05) is 170 Å². The fourth-order valence-electron chi connectivity index (χ4n) is 5.88. The van der Waals surface area contributed by atoms with Gasteiger partial charge in [-0.25, -0.2) is 0 Å². The van der Waals surface area contributed by atoms with Crippen LogP contribution in [0.15, 0.2) is 0 Å². The molecule has 2 nitrogen and oxygen atoms in total. The molecule has 0 saturated heterocycles. The SMILES string of the molecule is CCCCCCCCCCCCC(C(N)N)C(C)(CCCCCCCCCCCC)C(C)(C)C. The fraction of sp³-hybridized carbons (Fsp3) is 1.00. The minimum atomic E-state index is -0.203. The quantitative estimate of drug-likeness (QED) is 0.107. The third kappa shape index (κ3) is 15.8. The van der Waals surface area contributed by atoms with Crippen molar-refractivity contribution in [3.63, 3.8) is 0 Å². The van der Waals surface area contributed by atoms with E-state index in [2.05, 4.69) is 41.5 Å². The van der Waals surface area contributed by atoms with E-state index in [9.17, 15) is 0 Å². The van der Waals surface area contributed by atoms with Crippen LogP contribution in [0, 0.1) is 16.7 Å². The number of unbranched alkanes of at least 4 members (excludes halogenated alkanes) is 18. The predicted molar refractivity (Wildman–Crippen MR) is 156 cm³/mol. The maximum Gasteiger partial charge on any atom is 0.0555 e. The lowest BCUT2D eigenvalue weighted by Crippen LogP contribution is -2.51. The van der Waals surface area contributed by atoms with Gasteiger partial charge in [0.2, 0.25) is 0 Å². The van der Waals surface area contributed by atoms with Crippen LogP contribution in [-0.2, 0) is 0 Å². The van der Waals surface area contributed by atoms with Crippen LogP contribution in [0.2, 0.25) is 0 Å². The van der Waals surface area contributed by atoms with Gasteiger partial charge in [-0.2, -0.15) is 0 Å². The van der Waals surface area contributed by atoms with Gasteiger partial charge in [0.05, 0.1) is 6.17 Å². The summed E-state index contributed by atoms with van der Waals surface area (Å²) in [4.78, 5) is 0. The van der Waals surface area contributed by atoms with E-state index >= 15 is 0 Å². The molecule has 0 aromatic heterocycles. The molecule has 0 radical (unpaired) electrons. The lowest BCUT2D eigenvalue weighted by molar-refractivity contribution is 0.00333. The van der Waals surface area contributed by atoms with E-state index in [1.807, 2.05) is 0 Å². The first-order chi connectivity index (χ1) is 16.2. The highest BCUT2D eigenvalue weighted by atomic mass is 14.9. The van der Waals surface area contributed by atoms with Gasteiger partial charge in [-0.3, -0.25) is 0 Å². The highest BCUT2D eigenvalue weighted by molar-refractivity contribution is 4.94. The molecular weight excluding hydrogens is 412 g/mol. The Balaban J connectivity index is 4.33. The van der Waals surface area contributed by atoms with Crippen molar-refractivity contribution < 1.29 is 0 Å². The van der Waals surface area contributed by atoms with E-state index in [1.54, 1.807) is 0 Å². The Morgan fingerprint density at radius 1 is 0.471 bits per heavy atom. The number of nitrogens with two attached hydrogens (primary N) is 2. The van der Waals surface area contributed by atoms with Crippen molar-refractivity contribution in [2.75, 3.05) is 0 Å². The summed E-state index contributed by atoms with van der Waals surface area (Å²) in [6, 6.07) is 0. The number of hydrogen-bond acceptors (Lipinski definition) is 2. The van der Waals surface area contributed by atoms with Crippen molar-refractivity contribution in [1.29, 1.82) is 0 Å². The van der Waals surface area contributed by atoms with Crippen LogP contribution in [-0.4, -0.2) is 6.17 Å².